The highest BCUT2D eigenvalue weighted by Crippen LogP contribution is 2.38. The summed E-state index contributed by atoms with van der Waals surface area (Å²) in [5.41, 5.74) is -2.60. The van der Waals surface area contributed by atoms with E-state index in [4.69, 9.17) is 0 Å². The molecule has 0 aromatic heterocycles. The van der Waals surface area contributed by atoms with Crippen LogP contribution in [0.3, 0.4) is 0 Å². The predicted octanol–water partition coefficient (Wildman–Crippen LogP) is 0.315. The Bertz CT molecular complexity index is 389. The number of likely N-dealkylation sites (tertiary alicyclic amines) is 1. The predicted molar refractivity (Wildman–Crippen MR) is 64.1 cm³/mol. The standard InChI is InChI=1S/C10H19F3N2O3S/c1-14-19(17,18)8-2-5-15-6-3-9(16,4-7-15)10(11,12)13/h14,16H,2-8H2,1H3. The summed E-state index contributed by atoms with van der Waals surface area (Å²) in [7, 11) is -1.95. The molecule has 0 spiro atoms. The van der Waals surface area contributed by atoms with Crippen LogP contribution in [0.15, 0.2) is 0 Å². The van der Waals surface area contributed by atoms with Gasteiger partial charge < -0.3 is 10.0 Å². The molecule has 0 amide bonds. The van der Waals surface area contributed by atoms with Crippen LogP contribution < -0.4 is 4.72 Å². The van der Waals surface area contributed by atoms with Crippen LogP contribution in [0.4, 0.5) is 13.2 Å². The topological polar surface area (TPSA) is 69.6 Å². The van der Waals surface area contributed by atoms with Gasteiger partial charge in [0.1, 0.15) is 0 Å². The minimum Gasteiger partial charge on any atom is -0.380 e. The van der Waals surface area contributed by atoms with E-state index < -0.39 is 21.8 Å². The van der Waals surface area contributed by atoms with E-state index in [-0.39, 0.29) is 31.7 Å². The Labute approximate surface area is 110 Å². The van der Waals surface area contributed by atoms with Crippen LogP contribution in [0.5, 0.6) is 0 Å². The summed E-state index contributed by atoms with van der Waals surface area (Å²) in [5, 5.41) is 9.46. The molecule has 0 bridgehead atoms. The van der Waals surface area contributed by atoms with Crippen LogP contribution in [0.1, 0.15) is 19.3 Å². The van der Waals surface area contributed by atoms with Crippen LogP contribution in [-0.2, 0) is 10.0 Å². The van der Waals surface area contributed by atoms with Crippen molar-refractivity contribution in [3.63, 3.8) is 0 Å². The summed E-state index contributed by atoms with van der Waals surface area (Å²) >= 11 is 0. The minimum absolute atomic E-state index is 0.0520. The largest absolute Gasteiger partial charge is 0.417 e. The van der Waals surface area contributed by atoms with Gasteiger partial charge in [0.2, 0.25) is 10.0 Å². The summed E-state index contributed by atoms with van der Waals surface area (Å²) in [6.45, 7) is 0.653. The van der Waals surface area contributed by atoms with E-state index >= 15 is 0 Å². The highest BCUT2D eigenvalue weighted by Gasteiger charge is 2.54. The summed E-state index contributed by atoms with van der Waals surface area (Å²) in [6.07, 6.45) is -4.98. The number of sulfonamides is 1. The molecule has 1 rings (SSSR count). The third-order valence-electron chi connectivity index (χ3n) is 3.41. The van der Waals surface area contributed by atoms with E-state index in [2.05, 4.69) is 4.72 Å². The van der Waals surface area contributed by atoms with Crippen LogP contribution in [0, 0.1) is 0 Å². The number of alkyl halides is 3. The van der Waals surface area contributed by atoms with Gasteiger partial charge in [0.05, 0.1) is 5.75 Å². The van der Waals surface area contributed by atoms with Crippen molar-refractivity contribution in [3.05, 3.63) is 0 Å². The Morgan fingerprint density at radius 3 is 2.26 bits per heavy atom. The number of hydrogen-bond donors (Lipinski definition) is 2. The Morgan fingerprint density at radius 2 is 1.84 bits per heavy atom. The molecule has 0 aliphatic carbocycles. The van der Waals surface area contributed by atoms with Crippen molar-refractivity contribution in [2.24, 2.45) is 0 Å². The first kappa shape index (κ1) is 16.7. The van der Waals surface area contributed by atoms with Crippen LogP contribution in [-0.4, -0.2) is 62.6 Å². The van der Waals surface area contributed by atoms with Crippen molar-refractivity contribution in [2.45, 2.75) is 31.0 Å². The zero-order chi connectivity index (χ0) is 14.7. The van der Waals surface area contributed by atoms with Crippen molar-refractivity contribution >= 4 is 10.0 Å². The van der Waals surface area contributed by atoms with Crippen molar-refractivity contribution in [2.75, 3.05) is 32.4 Å². The average molecular weight is 304 g/mol. The number of nitrogens with one attached hydrogen (secondary N) is 1. The number of hydrogen-bond acceptors (Lipinski definition) is 4. The molecule has 2 N–H and O–H groups in total. The maximum absolute atomic E-state index is 12.6. The Kier molecular flexibility index (Phi) is 5.21. The molecule has 0 radical (unpaired) electrons. The van der Waals surface area contributed by atoms with Crippen molar-refractivity contribution < 1.29 is 26.7 Å². The Hall–Kier alpha value is -0.380. The van der Waals surface area contributed by atoms with Gasteiger partial charge in [-0.2, -0.15) is 13.2 Å². The van der Waals surface area contributed by atoms with Gasteiger partial charge in [-0.1, -0.05) is 0 Å². The lowest BCUT2D eigenvalue weighted by Gasteiger charge is -2.39. The average Bonchev–Trinajstić information content (AvgIpc) is 2.30. The quantitative estimate of drug-likeness (QED) is 0.767. The highest BCUT2D eigenvalue weighted by molar-refractivity contribution is 7.89. The van der Waals surface area contributed by atoms with E-state index in [0.717, 1.165) is 0 Å². The molecular weight excluding hydrogens is 285 g/mol. The van der Waals surface area contributed by atoms with E-state index in [0.29, 0.717) is 13.0 Å². The number of nitrogens with zero attached hydrogens (tertiary/aromatic N) is 1. The highest BCUT2D eigenvalue weighted by atomic mass is 32.2. The van der Waals surface area contributed by atoms with Gasteiger partial charge in [-0.3, -0.25) is 0 Å². The molecule has 114 valence electrons. The SMILES string of the molecule is CNS(=O)(=O)CCCN1CCC(O)(C(F)(F)F)CC1. The normalized spacial score (nSPS) is 21.5. The number of halogens is 3. The molecule has 1 fully saturated rings. The van der Waals surface area contributed by atoms with Gasteiger partial charge >= 0.3 is 6.18 Å². The first-order valence-corrected chi connectivity index (χ1v) is 7.67. The molecule has 1 heterocycles. The van der Waals surface area contributed by atoms with Gasteiger partial charge in [-0.25, -0.2) is 13.1 Å². The van der Waals surface area contributed by atoms with Crippen molar-refractivity contribution in [3.8, 4) is 0 Å². The Balaban J connectivity index is 2.36. The maximum atomic E-state index is 12.6. The number of aliphatic hydroxyl groups is 1. The number of rotatable bonds is 5. The molecule has 0 unspecified atom stereocenters. The van der Waals surface area contributed by atoms with Gasteiger partial charge in [-0.15, -0.1) is 0 Å². The molecule has 1 aliphatic rings. The van der Waals surface area contributed by atoms with Crippen molar-refractivity contribution in [1.29, 1.82) is 0 Å². The lowest BCUT2D eigenvalue weighted by Crippen LogP contribution is -2.53. The van der Waals surface area contributed by atoms with Crippen LogP contribution in [0.25, 0.3) is 0 Å². The second kappa shape index (κ2) is 5.94. The summed E-state index contributed by atoms with van der Waals surface area (Å²) < 4.78 is 62.1. The van der Waals surface area contributed by atoms with Gasteiger partial charge in [-0.05, 0) is 32.9 Å². The minimum atomic E-state index is -4.60. The van der Waals surface area contributed by atoms with E-state index in [1.807, 2.05) is 0 Å². The molecule has 5 nitrogen and oxygen atoms in total. The first-order chi connectivity index (χ1) is 8.60. The molecular formula is C10H19F3N2O3S. The van der Waals surface area contributed by atoms with Crippen LogP contribution >= 0.6 is 0 Å². The molecule has 0 atom stereocenters. The summed E-state index contributed by atoms with van der Waals surface area (Å²) in [6, 6.07) is 0. The molecule has 0 aromatic rings. The van der Waals surface area contributed by atoms with E-state index in [1.54, 1.807) is 4.90 Å². The van der Waals surface area contributed by atoms with Gasteiger partial charge in [0.15, 0.2) is 5.60 Å². The monoisotopic (exact) mass is 304 g/mol. The van der Waals surface area contributed by atoms with E-state index in [9.17, 15) is 26.7 Å². The smallest absolute Gasteiger partial charge is 0.380 e. The fourth-order valence-corrected chi connectivity index (χ4v) is 2.72. The molecule has 0 aromatic carbocycles. The zero-order valence-corrected chi connectivity index (χ0v) is 11.5. The molecule has 0 saturated carbocycles. The molecule has 1 saturated heterocycles. The third kappa shape index (κ3) is 4.59. The maximum Gasteiger partial charge on any atom is 0.417 e. The summed E-state index contributed by atoms with van der Waals surface area (Å²) in [4.78, 5) is 1.74. The van der Waals surface area contributed by atoms with Crippen LogP contribution in [0.2, 0.25) is 0 Å². The van der Waals surface area contributed by atoms with Crippen molar-refractivity contribution in [1.82, 2.24) is 9.62 Å². The summed E-state index contributed by atoms with van der Waals surface area (Å²) in [5.74, 6) is -0.0520. The Morgan fingerprint density at radius 1 is 1.32 bits per heavy atom. The zero-order valence-electron chi connectivity index (χ0n) is 10.7. The lowest BCUT2D eigenvalue weighted by molar-refractivity contribution is -0.272. The second-order valence-electron chi connectivity index (χ2n) is 4.75. The molecule has 9 heteroatoms. The third-order valence-corrected chi connectivity index (χ3v) is 4.86. The molecule has 1 aliphatic heterocycles. The molecule has 19 heavy (non-hydrogen) atoms. The first-order valence-electron chi connectivity index (χ1n) is 6.02. The number of piperidine rings is 1. The second-order valence-corrected chi connectivity index (χ2v) is 6.79. The van der Waals surface area contributed by atoms with Gasteiger partial charge in [0.25, 0.3) is 0 Å². The fourth-order valence-electron chi connectivity index (χ4n) is 2.01. The lowest BCUT2D eigenvalue weighted by atomic mass is 9.91. The van der Waals surface area contributed by atoms with E-state index in [1.165, 1.54) is 7.05 Å². The fraction of sp³-hybridized carbons (Fsp3) is 1.00. The van der Waals surface area contributed by atoms with Gasteiger partial charge in [0, 0.05) is 13.1 Å².